The van der Waals surface area contributed by atoms with Crippen molar-refractivity contribution in [3.8, 4) is 0 Å². The van der Waals surface area contributed by atoms with Crippen molar-refractivity contribution in [3.63, 3.8) is 0 Å². The summed E-state index contributed by atoms with van der Waals surface area (Å²) in [5, 5.41) is 16.4. The van der Waals surface area contributed by atoms with Crippen LogP contribution in [0.15, 0.2) is 30.3 Å². The number of aromatic amines is 1. The summed E-state index contributed by atoms with van der Waals surface area (Å²) in [4.78, 5) is 0. The number of H-pyrrole nitrogens is 1. The highest BCUT2D eigenvalue weighted by Crippen LogP contribution is 2.18. The first-order valence-corrected chi connectivity index (χ1v) is 5.05. The zero-order valence-electron chi connectivity index (χ0n) is 8.07. The van der Waals surface area contributed by atoms with E-state index < -0.39 is 0 Å². The molecule has 3 nitrogen and oxygen atoms in total. The van der Waals surface area contributed by atoms with Gasteiger partial charge in [-0.05, 0) is 17.7 Å². The molecule has 0 aliphatic carbocycles. The van der Waals surface area contributed by atoms with Crippen LogP contribution >= 0.6 is 11.6 Å². The maximum Gasteiger partial charge on any atom is 0.0879 e. The van der Waals surface area contributed by atoms with Crippen molar-refractivity contribution in [3.05, 3.63) is 52.3 Å². The van der Waals surface area contributed by atoms with E-state index in [1.807, 2.05) is 30.3 Å². The lowest BCUT2D eigenvalue weighted by Gasteiger charge is -2.00. The van der Waals surface area contributed by atoms with E-state index in [0.717, 1.165) is 16.3 Å². The first-order chi connectivity index (χ1) is 7.29. The molecule has 0 aliphatic rings. The van der Waals surface area contributed by atoms with Crippen molar-refractivity contribution in [2.75, 3.05) is 0 Å². The van der Waals surface area contributed by atoms with Crippen LogP contribution in [0.4, 0.5) is 0 Å². The summed E-state index contributed by atoms with van der Waals surface area (Å²) in [6, 6.07) is 9.52. The molecular weight excluding hydrogens is 212 g/mol. The van der Waals surface area contributed by atoms with Gasteiger partial charge < -0.3 is 5.11 Å². The van der Waals surface area contributed by atoms with Crippen molar-refractivity contribution >= 4 is 11.6 Å². The van der Waals surface area contributed by atoms with Crippen LogP contribution in [-0.4, -0.2) is 15.3 Å². The number of benzene rings is 1. The smallest absolute Gasteiger partial charge is 0.0879 e. The molecule has 0 saturated heterocycles. The number of aliphatic hydroxyl groups is 1. The highest BCUT2D eigenvalue weighted by Gasteiger charge is 2.03. The van der Waals surface area contributed by atoms with Gasteiger partial charge in [0.05, 0.1) is 12.3 Å². The Balaban J connectivity index is 2.18. The first kappa shape index (κ1) is 10.2. The van der Waals surface area contributed by atoms with E-state index in [9.17, 15) is 0 Å². The molecule has 0 bridgehead atoms. The van der Waals surface area contributed by atoms with Gasteiger partial charge in [-0.3, -0.25) is 5.10 Å². The van der Waals surface area contributed by atoms with Crippen LogP contribution in [0, 0.1) is 0 Å². The standard InChI is InChI=1S/C11H11ClN2O/c12-11-4-2-1-3-8(11)5-9-6-10(7-15)14-13-9/h1-4,6,15H,5,7H2,(H,13,14). The molecule has 78 valence electrons. The molecule has 0 radical (unpaired) electrons. The minimum Gasteiger partial charge on any atom is -0.390 e. The molecule has 0 saturated carbocycles. The normalized spacial score (nSPS) is 10.5. The third-order valence-corrected chi connectivity index (χ3v) is 2.55. The number of rotatable bonds is 3. The summed E-state index contributed by atoms with van der Waals surface area (Å²) in [6.07, 6.45) is 0.701. The highest BCUT2D eigenvalue weighted by atomic mass is 35.5. The van der Waals surface area contributed by atoms with Crippen molar-refractivity contribution in [2.24, 2.45) is 0 Å². The zero-order chi connectivity index (χ0) is 10.7. The molecule has 0 amide bonds. The van der Waals surface area contributed by atoms with Crippen LogP contribution in [0.2, 0.25) is 5.02 Å². The first-order valence-electron chi connectivity index (χ1n) is 4.67. The maximum absolute atomic E-state index is 8.86. The fourth-order valence-corrected chi connectivity index (χ4v) is 1.63. The van der Waals surface area contributed by atoms with Crippen LogP contribution in [0.25, 0.3) is 0 Å². The molecule has 2 rings (SSSR count). The average Bonchev–Trinajstić information content (AvgIpc) is 2.69. The fourth-order valence-electron chi connectivity index (χ4n) is 1.43. The Morgan fingerprint density at radius 1 is 1.33 bits per heavy atom. The molecule has 0 aliphatic heterocycles. The minimum atomic E-state index is -0.0426. The molecule has 1 heterocycles. The van der Waals surface area contributed by atoms with E-state index in [4.69, 9.17) is 16.7 Å². The SMILES string of the molecule is OCc1cc(Cc2ccccc2Cl)[nH]n1. The van der Waals surface area contributed by atoms with Crippen molar-refractivity contribution in [1.29, 1.82) is 0 Å². The quantitative estimate of drug-likeness (QED) is 0.836. The molecule has 4 heteroatoms. The second-order valence-corrected chi connectivity index (χ2v) is 3.72. The van der Waals surface area contributed by atoms with Gasteiger partial charge in [0.2, 0.25) is 0 Å². The van der Waals surface area contributed by atoms with Gasteiger partial charge in [0.25, 0.3) is 0 Å². The van der Waals surface area contributed by atoms with E-state index in [1.54, 1.807) is 0 Å². The number of nitrogens with zero attached hydrogens (tertiary/aromatic N) is 1. The van der Waals surface area contributed by atoms with E-state index in [1.165, 1.54) is 0 Å². The molecular formula is C11H11ClN2O. The Labute approximate surface area is 92.7 Å². The Kier molecular flexibility index (Phi) is 3.04. The topological polar surface area (TPSA) is 48.9 Å². The molecule has 0 spiro atoms. The van der Waals surface area contributed by atoms with Gasteiger partial charge in [-0.15, -0.1) is 0 Å². The van der Waals surface area contributed by atoms with Crippen LogP contribution in [0.5, 0.6) is 0 Å². The summed E-state index contributed by atoms with van der Waals surface area (Å²) >= 11 is 6.03. The van der Waals surface area contributed by atoms with Gasteiger partial charge in [-0.25, -0.2) is 0 Å². The van der Waals surface area contributed by atoms with Gasteiger partial charge in [0.1, 0.15) is 0 Å². The van der Waals surface area contributed by atoms with Crippen LogP contribution < -0.4 is 0 Å². The van der Waals surface area contributed by atoms with Gasteiger partial charge in [0.15, 0.2) is 0 Å². The Bertz CT molecular complexity index is 453. The van der Waals surface area contributed by atoms with Crippen LogP contribution in [0.3, 0.4) is 0 Å². The number of aromatic nitrogens is 2. The van der Waals surface area contributed by atoms with Crippen LogP contribution in [0.1, 0.15) is 17.0 Å². The molecule has 0 fully saturated rings. The number of nitrogens with one attached hydrogen (secondary N) is 1. The van der Waals surface area contributed by atoms with E-state index >= 15 is 0 Å². The number of hydrogen-bond donors (Lipinski definition) is 2. The van der Waals surface area contributed by atoms with Gasteiger partial charge in [-0.1, -0.05) is 29.8 Å². The number of aliphatic hydroxyl groups excluding tert-OH is 1. The fraction of sp³-hybridized carbons (Fsp3) is 0.182. The Morgan fingerprint density at radius 3 is 2.80 bits per heavy atom. The van der Waals surface area contributed by atoms with Crippen molar-refractivity contribution in [2.45, 2.75) is 13.0 Å². The van der Waals surface area contributed by atoms with Crippen molar-refractivity contribution < 1.29 is 5.11 Å². The monoisotopic (exact) mass is 222 g/mol. The number of halogens is 1. The molecule has 0 atom stereocenters. The summed E-state index contributed by atoms with van der Waals surface area (Å²) in [5.41, 5.74) is 2.65. The van der Waals surface area contributed by atoms with Gasteiger partial charge >= 0.3 is 0 Å². The van der Waals surface area contributed by atoms with Gasteiger partial charge in [-0.2, -0.15) is 5.10 Å². The largest absolute Gasteiger partial charge is 0.390 e. The predicted octanol–water partition coefficient (Wildman–Crippen LogP) is 2.15. The highest BCUT2D eigenvalue weighted by molar-refractivity contribution is 6.31. The molecule has 2 N–H and O–H groups in total. The lowest BCUT2D eigenvalue weighted by Crippen LogP contribution is -1.89. The maximum atomic E-state index is 8.86. The average molecular weight is 223 g/mol. The molecule has 0 unspecified atom stereocenters. The lowest BCUT2D eigenvalue weighted by atomic mass is 10.1. The van der Waals surface area contributed by atoms with Crippen LogP contribution in [-0.2, 0) is 13.0 Å². The summed E-state index contributed by atoms with van der Waals surface area (Å²) < 4.78 is 0. The Hall–Kier alpha value is -1.32. The summed E-state index contributed by atoms with van der Waals surface area (Å²) in [5.74, 6) is 0. The summed E-state index contributed by atoms with van der Waals surface area (Å²) in [7, 11) is 0. The zero-order valence-corrected chi connectivity index (χ0v) is 8.83. The van der Waals surface area contributed by atoms with E-state index in [0.29, 0.717) is 12.1 Å². The third kappa shape index (κ3) is 2.37. The lowest BCUT2D eigenvalue weighted by molar-refractivity contribution is 0.276. The molecule has 15 heavy (non-hydrogen) atoms. The molecule has 1 aromatic carbocycles. The predicted molar refractivity (Wildman–Crippen MR) is 58.8 cm³/mol. The third-order valence-electron chi connectivity index (χ3n) is 2.18. The van der Waals surface area contributed by atoms with E-state index in [-0.39, 0.29) is 6.61 Å². The molecule has 1 aromatic heterocycles. The second kappa shape index (κ2) is 4.47. The second-order valence-electron chi connectivity index (χ2n) is 3.31. The Morgan fingerprint density at radius 2 is 2.13 bits per heavy atom. The van der Waals surface area contributed by atoms with E-state index in [2.05, 4.69) is 10.2 Å². The number of hydrogen-bond acceptors (Lipinski definition) is 2. The van der Waals surface area contributed by atoms with Crippen molar-refractivity contribution in [1.82, 2.24) is 10.2 Å². The summed E-state index contributed by atoms with van der Waals surface area (Å²) in [6.45, 7) is -0.0426. The van der Waals surface area contributed by atoms with Gasteiger partial charge in [0, 0.05) is 17.1 Å². The molecule has 2 aromatic rings. The minimum absolute atomic E-state index is 0.0426.